The Morgan fingerprint density at radius 2 is 1.80 bits per heavy atom. The van der Waals surface area contributed by atoms with E-state index in [0.717, 1.165) is 51.2 Å². The number of sulfonamides is 1. The molecule has 1 aromatic rings. The minimum Gasteiger partial charge on any atom is -0.495 e. The molecule has 1 N–H and O–H groups in total. The van der Waals surface area contributed by atoms with Gasteiger partial charge in [0.05, 0.1) is 7.11 Å². The van der Waals surface area contributed by atoms with E-state index in [4.69, 9.17) is 4.74 Å². The number of carbonyl (C=O) groups is 1. The van der Waals surface area contributed by atoms with Crippen LogP contribution in [0, 0.1) is 0 Å². The third-order valence-electron chi connectivity index (χ3n) is 6.68. The molecule has 2 aliphatic heterocycles. The number of nitrogens with one attached hydrogen (secondary N) is 1. The Bertz CT molecular complexity index is 876. The molecule has 8 heteroatoms. The van der Waals surface area contributed by atoms with Crippen LogP contribution in [0.15, 0.2) is 23.1 Å². The molecule has 1 aliphatic carbocycles. The lowest BCUT2D eigenvalue weighted by Gasteiger charge is -2.33. The number of hydrogen-bond donors (Lipinski definition) is 1. The highest BCUT2D eigenvalue weighted by atomic mass is 32.2. The van der Waals surface area contributed by atoms with Crippen molar-refractivity contribution in [3.05, 3.63) is 23.8 Å². The SMILES string of the molecule is COc1ccc(C(=O)NC2CCN(C3CC3)CC2)cc1S(=O)(=O)N1CCCC[C@@H]1C. The molecule has 1 amide bonds. The number of amides is 1. The van der Waals surface area contributed by atoms with Crippen LogP contribution >= 0.6 is 0 Å². The predicted molar refractivity (Wildman–Crippen MR) is 115 cm³/mol. The maximum absolute atomic E-state index is 13.4. The van der Waals surface area contributed by atoms with Gasteiger partial charge >= 0.3 is 0 Å². The van der Waals surface area contributed by atoms with Gasteiger partial charge in [-0.05, 0) is 63.6 Å². The number of ether oxygens (including phenoxy) is 1. The van der Waals surface area contributed by atoms with Crippen LogP contribution in [-0.2, 0) is 10.0 Å². The summed E-state index contributed by atoms with van der Waals surface area (Å²) in [5.74, 6) is 0.0627. The number of methoxy groups -OCH3 is 1. The predicted octanol–water partition coefficient (Wildman–Crippen LogP) is 2.61. The van der Waals surface area contributed by atoms with Crippen LogP contribution in [0.2, 0.25) is 0 Å². The van der Waals surface area contributed by atoms with Crippen molar-refractivity contribution in [1.29, 1.82) is 0 Å². The number of carbonyl (C=O) groups excluding carboxylic acids is 1. The average molecular weight is 436 g/mol. The Hall–Kier alpha value is -1.64. The monoisotopic (exact) mass is 435 g/mol. The molecule has 2 saturated heterocycles. The number of piperidine rings is 2. The summed E-state index contributed by atoms with van der Waals surface area (Å²) in [6, 6.07) is 5.55. The summed E-state index contributed by atoms with van der Waals surface area (Å²) >= 11 is 0. The third kappa shape index (κ3) is 4.50. The molecule has 0 aromatic heterocycles. The molecule has 0 spiro atoms. The first-order chi connectivity index (χ1) is 14.4. The van der Waals surface area contributed by atoms with Gasteiger partial charge < -0.3 is 15.0 Å². The summed E-state index contributed by atoms with van der Waals surface area (Å²) in [5.41, 5.74) is 0.365. The third-order valence-corrected chi connectivity index (χ3v) is 8.72. The molecule has 1 aromatic carbocycles. The molecular weight excluding hydrogens is 402 g/mol. The van der Waals surface area contributed by atoms with Crippen LogP contribution in [-0.4, -0.2) is 68.4 Å². The zero-order chi connectivity index (χ0) is 21.3. The standard InChI is InChI=1S/C22H33N3O4S/c1-16-5-3-4-12-25(16)30(27,28)21-15-17(6-9-20(21)29-2)22(26)23-18-10-13-24(14-11-18)19-7-8-19/h6,9,15-16,18-19H,3-5,7-8,10-14H2,1-2H3,(H,23,26)/t16-/m0/s1. The second-order valence-corrected chi connectivity index (χ2v) is 10.7. The van der Waals surface area contributed by atoms with Crippen molar-refractivity contribution in [2.24, 2.45) is 0 Å². The topological polar surface area (TPSA) is 79.0 Å². The van der Waals surface area contributed by atoms with E-state index in [0.29, 0.717) is 12.1 Å². The van der Waals surface area contributed by atoms with Crippen LogP contribution in [0.1, 0.15) is 62.2 Å². The largest absolute Gasteiger partial charge is 0.495 e. The zero-order valence-corrected chi connectivity index (χ0v) is 18.8. The van der Waals surface area contributed by atoms with Gasteiger partial charge in [0.25, 0.3) is 5.91 Å². The van der Waals surface area contributed by atoms with Gasteiger partial charge in [0.15, 0.2) is 0 Å². The van der Waals surface area contributed by atoms with Gasteiger partial charge in [0.2, 0.25) is 10.0 Å². The normalized spacial score (nSPS) is 24.5. The summed E-state index contributed by atoms with van der Waals surface area (Å²) in [6.45, 7) is 4.48. The van der Waals surface area contributed by atoms with Crippen molar-refractivity contribution in [3.8, 4) is 5.75 Å². The van der Waals surface area contributed by atoms with E-state index in [-0.39, 0.29) is 28.6 Å². The van der Waals surface area contributed by atoms with Gasteiger partial charge in [0.1, 0.15) is 10.6 Å². The molecule has 30 heavy (non-hydrogen) atoms. The van der Waals surface area contributed by atoms with Crippen LogP contribution in [0.3, 0.4) is 0 Å². The van der Waals surface area contributed by atoms with Crippen molar-refractivity contribution >= 4 is 15.9 Å². The summed E-state index contributed by atoms with van der Waals surface area (Å²) in [5, 5.41) is 3.10. The van der Waals surface area contributed by atoms with E-state index in [9.17, 15) is 13.2 Å². The highest BCUT2D eigenvalue weighted by Crippen LogP contribution is 2.32. The maximum Gasteiger partial charge on any atom is 0.251 e. The van der Waals surface area contributed by atoms with Crippen LogP contribution in [0.5, 0.6) is 5.75 Å². The lowest BCUT2D eigenvalue weighted by Crippen LogP contribution is -2.45. The number of rotatable bonds is 6. The molecule has 1 saturated carbocycles. The van der Waals surface area contributed by atoms with Crippen molar-refractivity contribution < 1.29 is 17.9 Å². The number of likely N-dealkylation sites (tertiary alicyclic amines) is 1. The lowest BCUT2D eigenvalue weighted by molar-refractivity contribution is 0.0909. The second kappa shape index (κ2) is 8.85. The Morgan fingerprint density at radius 3 is 2.43 bits per heavy atom. The van der Waals surface area contributed by atoms with Crippen molar-refractivity contribution in [1.82, 2.24) is 14.5 Å². The van der Waals surface area contributed by atoms with Crippen LogP contribution in [0.25, 0.3) is 0 Å². The van der Waals surface area contributed by atoms with E-state index in [1.165, 1.54) is 26.0 Å². The van der Waals surface area contributed by atoms with Crippen molar-refractivity contribution in [2.75, 3.05) is 26.7 Å². The minimum absolute atomic E-state index is 0.0532. The fourth-order valence-corrected chi connectivity index (χ4v) is 6.57. The van der Waals surface area contributed by atoms with Gasteiger partial charge in [-0.15, -0.1) is 0 Å². The minimum atomic E-state index is -3.73. The highest BCUT2D eigenvalue weighted by Gasteiger charge is 2.34. The van der Waals surface area contributed by atoms with Crippen molar-refractivity contribution in [2.45, 2.75) is 74.9 Å². The van der Waals surface area contributed by atoms with Gasteiger partial charge in [-0.1, -0.05) is 6.42 Å². The lowest BCUT2D eigenvalue weighted by atomic mass is 10.0. The molecule has 7 nitrogen and oxygen atoms in total. The second-order valence-electron chi connectivity index (χ2n) is 8.84. The summed E-state index contributed by atoms with van der Waals surface area (Å²) in [6.07, 6.45) is 7.22. The van der Waals surface area contributed by atoms with Gasteiger partial charge in [0, 0.05) is 43.3 Å². The summed E-state index contributed by atoms with van der Waals surface area (Å²) in [4.78, 5) is 15.5. The maximum atomic E-state index is 13.4. The number of benzene rings is 1. The fourth-order valence-electron chi connectivity index (χ4n) is 4.69. The van der Waals surface area contributed by atoms with Gasteiger partial charge in [-0.25, -0.2) is 8.42 Å². The average Bonchev–Trinajstić information content (AvgIpc) is 3.59. The first kappa shape index (κ1) is 21.6. The molecular formula is C22H33N3O4S. The molecule has 2 heterocycles. The molecule has 166 valence electrons. The van der Waals surface area contributed by atoms with E-state index in [1.807, 2.05) is 6.92 Å². The van der Waals surface area contributed by atoms with Gasteiger partial charge in [-0.2, -0.15) is 4.31 Å². The van der Waals surface area contributed by atoms with E-state index < -0.39 is 10.0 Å². The summed E-state index contributed by atoms with van der Waals surface area (Å²) < 4.78 is 33.6. The smallest absolute Gasteiger partial charge is 0.251 e. The zero-order valence-electron chi connectivity index (χ0n) is 18.0. The first-order valence-electron chi connectivity index (χ1n) is 11.1. The Kier molecular flexibility index (Phi) is 6.36. The molecule has 3 fully saturated rings. The van der Waals surface area contributed by atoms with Crippen molar-refractivity contribution in [3.63, 3.8) is 0 Å². The molecule has 4 rings (SSSR count). The summed E-state index contributed by atoms with van der Waals surface area (Å²) in [7, 11) is -2.27. The van der Waals surface area contributed by atoms with Gasteiger partial charge in [-0.3, -0.25) is 4.79 Å². The number of nitrogens with zero attached hydrogens (tertiary/aromatic N) is 2. The Balaban J connectivity index is 1.49. The molecule has 3 aliphatic rings. The Morgan fingerprint density at radius 1 is 1.07 bits per heavy atom. The molecule has 0 unspecified atom stereocenters. The van der Waals surface area contributed by atoms with Crippen LogP contribution in [0.4, 0.5) is 0 Å². The molecule has 0 bridgehead atoms. The van der Waals surface area contributed by atoms with E-state index in [1.54, 1.807) is 16.4 Å². The Labute approximate surface area is 179 Å². The molecule has 1 atom stereocenters. The van der Waals surface area contributed by atoms with Crippen LogP contribution < -0.4 is 10.1 Å². The first-order valence-corrected chi connectivity index (χ1v) is 12.6. The number of hydrogen-bond acceptors (Lipinski definition) is 5. The van der Waals surface area contributed by atoms with E-state index >= 15 is 0 Å². The quantitative estimate of drug-likeness (QED) is 0.743. The fraction of sp³-hybridized carbons (Fsp3) is 0.682. The van der Waals surface area contributed by atoms with E-state index in [2.05, 4.69) is 10.2 Å². The molecule has 0 radical (unpaired) electrons. The highest BCUT2D eigenvalue weighted by molar-refractivity contribution is 7.89.